The Labute approximate surface area is 347 Å². The van der Waals surface area contributed by atoms with Crippen molar-refractivity contribution in [3.05, 3.63) is 134 Å². The molecule has 0 aliphatic heterocycles. The average Bonchev–Trinajstić information content (AvgIpc) is 3.21. The van der Waals surface area contributed by atoms with E-state index in [-0.39, 0.29) is 38.4 Å². The van der Waals surface area contributed by atoms with Crippen LogP contribution in [0.15, 0.2) is 134 Å². The summed E-state index contributed by atoms with van der Waals surface area (Å²) in [5, 5.41) is 0. The molecule has 0 saturated carbocycles. The van der Waals surface area contributed by atoms with Gasteiger partial charge in [0.25, 0.3) is 0 Å². The lowest BCUT2D eigenvalue weighted by atomic mass is 10.1. The fourth-order valence-electron chi connectivity index (χ4n) is 5.02. The van der Waals surface area contributed by atoms with Gasteiger partial charge in [-0.2, -0.15) is 0 Å². The van der Waals surface area contributed by atoms with Gasteiger partial charge in [-0.3, -0.25) is 14.4 Å². The molecule has 0 spiro atoms. The number of rotatable bonds is 36. The molecule has 0 radical (unpaired) electrons. The van der Waals surface area contributed by atoms with Crippen molar-refractivity contribution < 1.29 is 28.6 Å². The van der Waals surface area contributed by atoms with E-state index in [1.807, 2.05) is 6.08 Å². The maximum Gasteiger partial charge on any atom is 0.309 e. The number of carbonyl (C=O) groups excluding carboxylic acids is 3. The highest BCUT2D eigenvalue weighted by atomic mass is 16.6. The normalized spacial score (nSPS) is 13.4. The van der Waals surface area contributed by atoms with Gasteiger partial charge in [-0.15, -0.1) is 0 Å². The van der Waals surface area contributed by atoms with Crippen molar-refractivity contribution in [1.29, 1.82) is 0 Å². The third-order valence-corrected chi connectivity index (χ3v) is 8.16. The molecule has 0 aliphatic rings. The average molecular weight is 785 g/mol. The van der Waals surface area contributed by atoms with Gasteiger partial charge in [0, 0.05) is 12.8 Å². The van der Waals surface area contributed by atoms with Crippen LogP contribution in [0.1, 0.15) is 149 Å². The molecule has 0 aromatic rings. The van der Waals surface area contributed by atoms with Crippen LogP contribution in [-0.2, 0) is 28.6 Å². The van der Waals surface area contributed by atoms with Crippen LogP contribution < -0.4 is 0 Å². The van der Waals surface area contributed by atoms with Gasteiger partial charge in [0.2, 0.25) is 0 Å². The molecule has 0 aromatic carbocycles. The topological polar surface area (TPSA) is 78.9 Å². The molecule has 0 bridgehead atoms. The first-order chi connectivity index (χ1) is 28.0. The van der Waals surface area contributed by atoms with E-state index in [1.165, 1.54) is 0 Å². The first-order valence-electron chi connectivity index (χ1n) is 21.7. The number of hydrogen-bond donors (Lipinski definition) is 0. The molecule has 0 N–H and O–H groups in total. The summed E-state index contributed by atoms with van der Waals surface area (Å²) in [6, 6.07) is 0. The van der Waals surface area contributed by atoms with Crippen LogP contribution in [0.2, 0.25) is 0 Å². The van der Waals surface area contributed by atoms with Crippen molar-refractivity contribution in [3.8, 4) is 0 Å². The molecule has 6 heteroatoms. The minimum Gasteiger partial charge on any atom is -0.462 e. The van der Waals surface area contributed by atoms with Gasteiger partial charge >= 0.3 is 17.9 Å². The highest BCUT2D eigenvalue weighted by Crippen LogP contribution is 2.09. The molecule has 0 saturated heterocycles. The van der Waals surface area contributed by atoms with Gasteiger partial charge in [0.15, 0.2) is 6.10 Å². The number of carbonyl (C=O) groups is 3. The zero-order chi connectivity index (χ0) is 41.5. The van der Waals surface area contributed by atoms with Crippen LogP contribution in [0.3, 0.4) is 0 Å². The predicted octanol–water partition coefficient (Wildman–Crippen LogP) is 14.0. The summed E-state index contributed by atoms with van der Waals surface area (Å²) < 4.78 is 16.5. The summed E-state index contributed by atoms with van der Waals surface area (Å²) in [5.74, 6) is -1.18. The third kappa shape index (κ3) is 42.5. The summed E-state index contributed by atoms with van der Waals surface area (Å²) >= 11 is 0. The van der Waals surface area contributed by atoms with Gasteiger partial charge in [-0.05, 0) is 103 Å². The largest absolute Gasteiger partial charge is 0.462 e. The molecule has 6 nitrogen and oxygen atoms in total. The van der Waals surface area contributed by atoms with Crippen molar-refractivity contribution in [1.82, 2.24) is 0 Å². The Balaban J connectivity index is 4.54. The van der Waals surface area contributed by atoms with Gasteiger partial charge in [0.1, 0.15) is 13.2 Å². The second kappa shape index (κ2) is 44.3. The Morgan fingerprint density at radius 1 is 0.368 bits per heavy atom. The monoisotopic (exact) mass is 785 g/mol. The SMILES string of the molecule is CC/C=C\C/C=C\C/C=C\C/C=C\C/C=C\CCCCCC(=O)OCC(COC(=O)C/C=C\C/C=C\C/C=C\CC)OC(=O)CCC/C=C\C/C=C\C/C=C\CC. The minimum atomic E-state index is -0.855. The molecule has 0 fully saturated rings. The summed E-state index contributed by atoms with van der Waals surface area (Å²) in [6.45, 7) is 6.06. The van der Waals surface area contributed by atoms with E-state index in [4.69, 9.17) is 14.2 Å². The van der Waals surface area contributed by atoms with E-state index in [2.05, 4.69) is 142 Å². The Morgan fingerprint density at radius 3 is 1.16 bits per heavy atom. The van der Waals surface area contributed by atoms with Crippen molar-refractivity contribution in [2.75, 3.05) is 13.2 Å². The lowest BCUT2D eigenvalue weighted by Gasteiger charge is -2.18. The molecule has 0 heterocycles. The smallest absolute Gasteiger partial charge is 0.309 e. The van der Waals surface area contributed by atoms with E-state index in [1.54, 1.807) is 6.08 Å². The molecule has 0 aromatic heterocycles. The van der Waals surface area contributed by atoms with Crippen LogP contribution in [0.25, 0.3) is 0 Å². The van der Waals surface area contributed by atoms with Gasteiger partial charge < -0.3 is 14.2 Å². The number of hydrogen-bond acceptors (Lipinski definition) is 6. The Hall–Kier alpha value is -4.45. The quantitative estimate of drug-likeness (QED) is 0.0272. The lowest BCUT2D eigenvalue weighted by Crippen LogP contribution is -2.30. The minimum absolute atomic E-state index is 0.112. The maximum atomic E-state index is 12.6. The number of ether oxygens (including phenoxy) is 3. The summed E-state index contributed by atoms with van der Waals surface area (Å²) in [4.78, 5) is 37.5. The van der Waals surface area contributed by atoms with Gasteiger partial charge in [-0.25, -0.2) is 0 Å². The van der Waals surface area contributed by atoms with E-state index in [9.17, 15) is 14.4 Å². The second-order valence-corrected chi connectivity index (χ2v) is 13.5. The zero-order valence-electron chi connectivity index (χ0n) is 35.8. The van der Waals surface area contributed by atoms with E-state index < -0.39 is 18.0 Å². The summed E-state index contributed by atoms with van der Waals surface area (Å²) in [5.41, 5.74) is 0. The first-order valence-corrected chi connectivity index (χ1v) is 21.7. The van der Waals surface area contributed by atoms with Crippen LogP contribution in [0.5, 0.6) is 0 Å². The predicted molar refractivity (Wildman–Crippen MR) is 242 cm³/mol. The fourth-order valence-corrected chi connectivity index (χ4v) is 5.02. The lowest BCUT2D eigenvalue weighted by molar-refractivity contribution is -0.166. The van der Waals surface area contributed by atoms with E-state index in [0.717, 1.165) is 103 Å². The highest BCUT2D eigenvalue weighted by molar-refractivity contribution is 5.72. The van der Waals surface area contributed by atoms with Crippen LogP contribution in [0.4, 0.5) is 0 Å². The van der Waals surface area contributed by atoms with E-state index >= 15 is 0 Å². The zero-order valence-corrected chi connectivity index (χ0v) is 35.8. The molecule has 57 heavy (non-hydrogen) atoms. The molecule has 0 rings (SSSR count). The highest BCUT2D eigenvalue weighted by Gasteiger charge is 2.19. The molecule has 1 unspecified atom stereocenters. The fraction of sp³-hybridized carbons (Fsp3) is 0.510. The van der Waals surface area contributed by atoms with Gasteiger partial charge in [-0.1, -0.05) is 161 Å². The van der Waals surface area contributed by atoms with Crippen LogP contribution >= 0.6 is 0 Å². The van der Waals surface area contributed by atoms with Crippen molar-refractivity contribution >= 4 is 17.9 Å². The molecular formula is C51H76O6. The maximum absolute atomic E-state index is 12.6. The van der Waals surface area contributed by atoms with Crippen molar-refractivity contribution in [3.63, 3.8) is 0 Å². The Bertz CT molecular complexity index is 1320. The van der Waals surface area contributed by atoms with Crippen molar-refractivity contribution in [2.24, 2.45) is 0 Å². The molecular weight excluding hydrogens is 709 g/mol. The second-order valence-electron chi connectivity index (χ2n) is 13.5. The van der Waals surface area contributed by atoms with Crippen LogP contribution in [-0.4, -0.2) is 37.2 Å². The number of unbranched alkanes of at least 4 members (excludes halogenated alkanes) is 4. The molecule has 316 valence electrons. The van der Waals surface area contributed by atoms with Crippen molar-refractivity contribution in [2.45, 2.75) is 155 Å². The summed E-state index contributed by atoms with van der Waals surface area (Å²) in [7, 11) is 0. The third-order valence-electron chi connectivity index (χ3n) is 8.16. The number of esters is 3. The van der Waals surface area contributed by atoms with E-state index in [0.29, 0.717) is 6.42 Å². The summed E-state index contributed by atoms with van der Waals surface area (Å²) in [6.07, 6.45) is 62.0. The van der Waals surface area contributed by atoms with Crippen LogP contribution in [0, 0.1) is 0 Å². The number of allylic oxidation sites excluding steroid dienone is 21. The molecule has 0 aliphatic carbocycles. The van der Waals surface area contributed by atoms with Gasteiger partial charge in [0.05, 0.1) is 6.42 Å². The first kappa shape index (κ1) is 52.6. The Kier molecular flexibility index (Phi) is 40.8. The standard InChI is InChI=1S/C51H76O6/c1-4-7-10-13-16-19-21-22-23-24-25-26-27-28-30-32-35-38-41-44-50(53)56-47-48(46-55-49(52)43-40-37-34-31-18-15-12-9-6-3)57-51(54)45-42-39-36-33-29-20-17-14-11-8-5-2/h7-12,16-20,22-23,25-26,28,30-31,33,36-37,40,48H,4-6,13-15,21,24,27,29,32,34-35,38-39,41-47H2,1-3H3/b10-7-,11-8-,12-9-,19-16-,20-17-,23-22-,26-25-,30-28-,31-18-,36-33-,40-37-. The molecule has 0 amide bonds. The Morgan fingerprint density at radius 2 is 0.719 bits per heavy atom. The molecule has 1 atom stereocenters.